The van der Waals surface area contributed by atoms with E-state index in [9.17, 15) is 4.79 Å². The molecule has 5 nitrogen and oxygen atoms in total. The third-order valence-electron chi connectivity index (χ3n) is 2.27. The van der Waals surface area contributed by atoms with Crippen LogP contribution in [0, 0.1) is 0 Å². The van der Waals surface area contributed by atoms with Crippen molar-refractivity contribution in [1.29, 1.82) is 0 Å². The van der Waals surface area contributed by atoms with Crippen molar-refractivity contribution in [1.82, 2.24) is 20.3 Å². The van der Waals surface area contributed by atoms with Gasteiger partial charge in [-0.3, -0.25) is 9.78 Å². The summed E-state index contributed by atoms with van der Waals surface area (Å²) in [6.45, 7) is 3.95. The Morgan fingerprint density at radius 1 is 1.39 bits per heavy atom. The standard InChI is InChI=1S/C13H12N4O/c1-2-6-16-13(18)10-8-14-9-17-12(10)11-5-3-4-7-15-11/h2-5,7-9H,1,6H2,(H,16,18). The summed E-state index contributed by atoms with van der Waals surface area (Å²) in [6.07, 6.45) is 6.15. The van der Waals surface area contributed by atoms with Crippen molar-refractivity contribution >= 4 is 5.91 Å². The lowest BCUT2D eigenvalue weighted by molar-refractivity contribution is 0.0958. The summed E-state index contributed by atoms with van der Waals surface area (Å²) in [6, 6.07) is 5.45. The first-order chi connectivity index (χ1) is 8.83. The molecule has 0 radical (unpaired) electrons. The van der Waals surface area contributed by atoms with Gasteiger partial charge in [-0.05, 0) is 12.1 Å². The van der Waals surface area contributed by atoms with Gasteiger partial charge < -0.3 is 5.32 Å². The third-order valence-corrected chi connectivity index (χ3v) is 2.27. The summed E-state index contributed by atoms with van der Waals surface area (Å²) in [5.41, 5.74) is 1.56. The molecule has 0 fully saturated rings. The number of rotatable bonds is 4. The van der Waals surface area contributed by atoms with Crippen molar-refractivity contribution in [2.75, 3.05) is 6.54 Å². The van der Waals surface area contributed by atoms with Crippen LogP contribution in [0.5, 0.6) is 0 Å². The molecule has 0 aliphatic rings. The number of hydrogen-bond donors (Lipinski definition) is 1. The van der Waals surface area contributed by atoms with Gasteiger partial charge in [-0.25, -0.2) is 9.97 Å². The van der Waals surface area contributed by atoms with Crippen LogP contribution in [-0.4, -0.2) is 27.4 Å². The Labute approximate surface area is 105 Å². The first-order valence-corrected chi connectivity index (χ1v) is 5.43. The largest absolute Gasteiger partial charge is 0.348 e. The maximum atomic E-state index is 11.9. The molecule has 2 aromatic heterocycles. The topological polar surface area (TPSA) is 67.8 Å². The number of amides is 1. The highest BCUT2D eigenvalue weighted by Crippen LogP contribution is 2.17. The van der Waals surface area contributed by atoms with Crippen LogP contribution >= 0.6 is 0 Å². The minimum atomic E-state index is -0.240. The van der Waals surface area contributed by atoms with Crippen molar-refractivity contribution in [3.63, 3.8) is 0 Å². The van der Waals surface area contributed by atoms with E-state index in [0.717, 1.165) is 0 Å². The van der Waals surface area contributed by atoms with Gasteiger partial charge in [0.05, 0.1) is 11.3 Å². The lowest BCUT2D eigenvalue weighted by Crippen LogP contribution is -2.24. The van der Waals surface area contributed by atoms with E-state index in [2.05, 4.69) is 26.8 Å². The average molecular weight is 240 g/mol. The predicted octanol–water partition coefficient (Wildman–Crippen LogP) is 1.45. The van der Waals surface area contributed by atoms with Crippen LogP contribution in [0.3, 0.4) is 0 Å². The molecule has 0 aliphatic carbocycles. The van der Waals surface area contributed by atoms with Crippen molar-refractivity contribution in [3.05, 3.63) is 55.1 Å². The van der Waals surface area contributed by atoms with E-state index >= 15 is 0 Å². The Bertz CT molecular complexity index is 554. The van der Waals surface area contributed by atoms with E-state index in [1.165, 1.54) is 12.5 Å². The predicted molar refractivity (Wildman–Crippen MR) is 67.8 cm³/mol. The van der Waals surface area contributed by atoms with Gasteiger partial charge >= 0.3 is 0 Å². The van der Waals surface area contributed by atoms with Gasteiger partial charge in [0.15, 0.2) is 0 Å². The molecule has 5 heteroatoms. The van der Waals surface area contributed by atoms with Gasteiger partial charge in [0, 0.05) is 18.9 Å². The number of carbonyl (C=O) groups is 1. The van der Waals surface area contributed by atoms with Crippen molar-refractivity contribution in [2.45, 2.75) is 0 Å². The molecule has 0 atom stereocenters. The third kappa shape index (κ3) is 2.57. The molecular formula is C13H12N4O. The van der Waals surface area contributed by atoms with E-state index in [4.69, 9.17) is 0 Å². The molecule has 1 amide bonds. The van der Waals surface area contributed by atoms with Crippen molar-refractivity contribution in [2.24, 2.45) is 0 Å². The second kappa shape index (κ2) is 5.67. The molecule has 2 aromatic rings. The van der Waals surface area contributed by atoms with E-state index < -0.39 is 0 Å². The van der Waals surface area contributed by atoms with Crippen LogP contribution in [0.4, 0.5) is 0 Å². The molecule has 0 bridgehead atoms. The summed E-state index contributed by atoms with van der Waals surface area (Å²) in [4.78, 5) is 24.1. The highest BCUT2D eigenvalue weighted by Gasteiger charge is 2.14. The minimum Gasteiger partial charge on any atom is -0.348 e. The van der Waals surface area contributed by atoms with Crippen LogP contribution in [0.1, 0.15) is 10.4 Å². The van der Waals surface area contributed by atoms with Crippen molar-refractivity contribution < 1.29 is 4.79 Å². The number of nitrogens with one attached hydrogen (secondary N) is 1. The molecule has 2 heterocycles. The molecule has 2 rings (SSSR count). The molecule has 0 unspecified atom stereocenters. The number of aromatic nitrogens is 3. The SMILES string of the molecule is C=CCNC(=O)c1cncnc1-c1ccccn1. The maximum absolute atomic E-state index is 11.9. The summed E-state index contributed by atoms with van der Waals surface area (Å²) in [7, 11) is 0. The Morgan fingerprint density at radius 2 is 2.28 bits per heavy atom. The van der Waals surface area contributed by atoms with Gasteiger partial charge in [-0.2, -0.15) is 0 Å². The minimum absolute atomic E-state index is 0.240. The zero-order valence-electron chi connectivity index (χ0n) is 9.71. The summed E-state index contributed by atoms with van der Waals surface area (Å²) in [5.74, 6) is -0.240. The zero-order valence-corrected chi connectivity index (χ0v) is 9.71. The van der Waals surface area contributed by atoms with E-state index in [0.29, 0.717) is 23.5 Å². The molecule has 0 saturated carbocycles. The Balaban J connectivity index is 2.37. The number of hydrogen-bond acceptors (Lipinski definition) is 4. The van der Waals surface area contributed by atoms with Crippen molar-refractivity contribution in [3.8, 4) is 11.4 Å². The number of carbonyl (C=O) groups excluding carboxylic acids is 1. The van der Waals surface area contributed by atoms with E-state index in [-0.39, 0.29) is 5.91 Å². The number of pyridine rings is 1. The van der Waals surface area contributed by atoms with Gasteiger partial charge in [0.2, 0.25) is 0 Å². The highest BCUT2D eigenvalue weighted by molar-refractivity contribution is 5.99. The summed E-state index contributed by atoms with van der Waals surface area (Å²) >= 11 is 0. The molecular weight excluding hydrogens is 228 g/mol. The first kappa shape index (κ1) is 11.9. The molecule has 1 N–H and O–H groups in total. The van der Waals surface area contributed by atoms with E-state index in [1.54, 1.807) is 18.3 Å². The van der Waals surface area contributed by atoms with Crippen LogP contribution in [0.25, 0.3) is 11.4 Å². The fourth-order valence-corrected chi connectivity index (χ4v) is 1.46. The number of nitrogens with zero attached hydrogens (tertiary/aromatic N) is 3. The molecule has 0 spiro atoms. The van der Waals surface area contributed by atoms with Gasteiger partial charge in [0.25, 0.3) is 5.91 Å². The molecule has 0 aromatic carbocycles. The van der Waals surface area contributed by atoms with Gasteiger partial charge in [-0.1, -0.05) is 12.1 Å². The summed E-state index contributed by atoms with van der Waals surface area (Å²) in [5, 5.41) is 2.69. The van der Waals surface area contributed by atoms with Crippen LogP contribution in [-0.2, 0) is 0 Å². The molecule has 90 valence electrons. The molecule has 0 saturated heterocycles. The maximum Gasteiger partial charge on any atom is 0.255 e. The quantitative estimate of drug-likeness (QED) is 0.821. The van der Waals surface area contributed by atoms with Gasteiger partial charge in [-0.15, -0.1) is 6.58 Å². The normalized spacial score (nSPS) is 9.78. The fraction of sp³-hybridized carbons (Fsp3) is 0.0769. The lowest BCUT2D eigenvalue weighted by Gasteiger charge is -2.06. The Morgan fingerprint density at radius 3 is 3.00 bits per heavy atom. The molecule has 0 aliphatic heterocycles. The highest BCUT2D eigenvalue weighted by atomic mass is 16.1. The average Bonchev–Trinajstić information content (AvgIpc) is 2.45. The molecule has 18 heavy (non-hydrogen) atoms. The summed E-state index contributed by atoms with van der Waals surface area (Å²) < 4.78 is 0. The Kier molecular flexibility index (Phi) is 3.76. The lowest BCUT2D eigenvalue weighted by atomic mass is 10.1. The Hall–Kier alpha value is -2.56. The first-order valence-electron chi connectivity index (χ1n) is 5.43. The van der Waals surface area contributed by atoms with Crippen LogP contribution < -0.4 is 5.32 Å². The van der Waals surface area contributed by atoms with Gasteiger partial charge in [0.1, 0.15) is 12.0 Å². The second-order valence-corrected chi connectivity index (χ2v) is 3.50. The van der Waals surface area contributed by atoms with E-state index in [1.807, 2.05) is 12.1 Å². The second-order valence-electron chi connectivity index (χ2n) is 3.50. The van der Waals surface area contributed by atoms with Crippen LogP contribution in [0.2, 0.25) is 0 Å². The monoisotopic (exact) mass is 240 g/mol. The van der Waals surface area contributed by atoms with Crippen LogP contribution in [0.15, 0.2) is 49.6 Å². The zero-order chi connectivity index (χ0) is 12.8. The smallest absolute Gasteiger partial charge is 0.255 e. The fourth-order valence-electron chi connectivity index (χ4n) is 1.46.